The zero-order valence-electron chi connectivity index (χ0n) is 18.6. The highest BCUT2D eigenvalue weighted by atomic mass is 35.5. The van der Waals surface area contributed by atoms with Gasteiger partial charge in [0.05, 0.1) is 28.2 Å². The van der Waals surface area contributed by atoms with Crippen LogP contribution in [0.3, 0.4) is 0 Å². The molecule has 3 aromatic heterocycles. The molecule has 1 aliphatic rings. The molecule has 1 amide bonds. The Hall–Kier alpha value is -2.57. The van der Waals surface area contributed by atoms with Crippen molar-refractivity contribution in [3.05, 3.63) is 64.8 Å². The number of pyridine rings is 1. The summed E-state index contributed by atoms with van der Waals surface area (Å²) in [5, 5.41) is 0.499. The number of halogens is 1. The number of aromatic nitrogens is 2. The molecule has 0 aliphatic carbocycles. The number of rotatable bonds is 7. The first-order valence-electron chi connectivity index (χ1n) is 10.8. The number of nitrogens with zero attached hydrogens (tertiary/aromatic N) is 4. The number of hydrogen-bond acceptors (Lipinski definition) is 8. The molecule has 1 aromatic carbocycles. The van der Waals surface area contributed by atoms with E-state index in [2.05, 4.69) is 4.98 Å². The molecule has 1 atom stereocenters. The van der Waals surface area contributed by atoms with Crippen molar-refractivity contribution in [2.75, 3.05) is 18.6 Å². The first-order valence-corrected chi connectivity index (χ1v) is 14.2. The molecule has 0 N–H and O–H groups in total. The Bertz CT molecular complexity index is 1470. The Kier molecular flexibility index (Phi) is 6.78. The highest BCUT2D eigenvalue weighted by Gasteiger charge is 2.42. The Morgan fingerprint density at radius 2 is 2.00 bits per heavy atom. The molecule has 1 unspecified atom stereocenters. The van der Waals surface area contributed by atoms with E-state index in [0.29, 0.717) is 28.1 Å². The lowest BCUT2D eigenvalue weighted by Gasteiger charge is -2.28. The molecule has 0 saturated carbocycles. The molecule has 35 heavy (non-hydrogen) atoms. The predicted octanol–water partition coefficient (Wildman–Crippen LogP) is 4.80. The molecule has 0 radical (unpaired) electrons. The maximum absolute atomic E-state index is 14.0. The van der Waals surface area contributed by atoms with Gasteiger partial charge in [0.2, 0.25) is 5.91 Å². The van der Waals surface area contributed by atoms with Gasteiger partial charge in [0, 0.05) is 18.9 Å². The number of thiazole rings is 1. The molecular formula is C23H21ClN4O4S3. The van der Waals surface area contributed by atoms with Crippen molar-refractivity contribution in [2.45, 2.75) is 29.6 Å². The van der Waals surface area contributed by atoms with Crippen LogP contribution < -0.4 is 9.64 Å². The highest BCUT2D eigenvalue weighted by Crippen LogP contribution is 2.36. The van der Waals surface area contributed by atoms with E-state index < -0.39 is 16.1 Å². The van der Waals surface area contributed by atoms with Gasteiger partial charge in [-0.1, -0.05) is 22.9 Å². The summed E-state index contributed by atoms with van der Waals surface area (Å²) >= 11 is 8.35. The van der Waals surface area contributed by atoms with Crippen LogP contribution in [0.1, 0.15) is 18.4 Å². The third-order valence-corrected chi connectivity index (χ3v) is 10.4. The van der Waals surface area contributed by atoms with Crippen LogP contribution in [0.4, 0.5) is 5.13 Å². The van der Waals surface area contributed by atoms with Crippen LogP contribution >= 0.6 is 34.3 Å². The zero-order chi connectivity index (χ0) is 24.6. The molecule has 8 nitrogen and oxygen atoms in total. The van der Waals surface area contributed by atoms with E-state index in [4.69, 9.17) is 21.3 Å². The van der Waals surface area contributed by atoms with E-state index in [1.54, 1.807) is 30.5 Å². The van der Waals surface area contributed by atoms with E-state index in [9.17, 15) is 13.2 Å². The zero-order valence-corrected chi connectivity index (χ0v) is 21.8. The van der Waals surface area contributed by atoms with Gasteiger partial charge in [-0.25, -0.2) is 13.4 Å². The summed E-state index contributed by atoms with van der Waals surface area (Å²) in [7, 11) is -2.26. The summed E-state index contributed by atoms with van der Waals surface area (Å²) in [5.74, 6) is 0.388. The Labute approximate surface area is 215 Å². The van der Waals surface area contributed by atoms with Crippen molar-refractivity contribution >= 4 is 65.6 Å². The van der Waals surface area contributed by atoms with Gasteiger partial charge >= 0.3 is 0 Å². The summed E-state index contributed by atoms with van der Waals surface area (Å²) in [6, 6.07) is 11.4. The van der Waals surface area contributed by atoms with E-state index in [-0.39, 0.29) is 23.2 Å². The number of hydrogen-bond donors (Lipinski definition) is 0. The number of benzene rings is 1. The van der Waals surface area contributed by atoms with Crippen LogP contribution in [-0.4, -0.2) is 48.3 Å². The van der Waals surface area contributed by atoms with Gasteiger partial charge < -0.3 is 4.74 Å². The van der Waals surface area contributed by atoms with E-state index in [1.165, 1.54) is 21.7 Å². The maximum atomic E-state index is 14.0. The summed E-state index contributed by atoms with van der Waals surface area (Å²) in [6.07, 6.45) is 4.35. The second kappa shape index (κ2) is 9.82. The van der Waals surface area contributed by atoms with Crippen molar-refractivity contribution in [1.29, 1.82) is 0 Å². The number of carbonyl (C=O) groups excluding carboxylic acids is 1. The van der Waals surface area contributed by atoms with Crippen molar-refractivity contribution in [3.63, 3.8) is 0 Å². The minimum absolute atomic E-state index is 0.134. The first-order chi connectivity index (χ1) is 16.9. The number of ether oxygens (including phenoxy) is 1. The lowest BCUT2D eigenvalue weighted by Crippen LogP contribution is -2.47. The van der Waals surface area contributed by atoms with E-state index >= 15 is 0 Å². The van der Waals surface area contributed by atoms with E-state index in [1.807, 2.05) is 30.3 Å². The molecule has 1 aliphatic heterocycles. The molecule has 1 saturated heterocycles. The van der Waals surface area contributed by atoms with Gasteiger partial charge in [-0.05, 0) is 60.9 Å². The Balaban J connectivity index is 1.52. The fourth-order valence-corrected chi connectivity index (χ4v) is 8.31. The van der Waals surface area contributed by atoms with E-state index in [0.717, 1.165) is 27.1 Å². The lowest BCUT2D eigenvalue weighted by molar-refractivity contribution is -0.121. The third kappa shape index (κ3) is 4.78. The molecule has 4 aromatic rings. The number of anilines is 1. The van der Waals surface area contributed by atoms with Gasteiger partial charge in [-0.2, -0.15) is 4.31 Å². The van der Waals surface area contributed by atoms with Crippen LogP contribution in [0, 0.1) is 0 Å². The summed E-state index contributed by atoms with van der Waals surface area (Å²) in [5.41, 5.74) is 1.60. The number of thiophene rings is 1. The Morgan fingerprint density at radius 3 is 2.71 bits per heavy atom. The average Bonchev–Trinajstić information content (AvgIpc) is 3.61. The molecule has 4 heterocycles. The van der Waals surface area contributed by atoms with Gasteiger partial charge in [0.15, 0.2) is 5.13 Å². The minimum Gasteiger partial charge on any atom is -0.497 e. The fraction of sp³-hybridized carbons (Fsp3) is 0.261. The standard InChI is InChI=1S/C23H21ClN4O4S3/c1-32-16-4-5-17-19(13-16)33-23(26-17)27(14-15-8-10-25-11-9-15)22(29)18-3-2-12-28(18)35(30,31)21-7-6-20(24)34-21/h4-11,13,18H,2-3,12,14H2,1H3. The number of carbonyl (C=O) groups is 1. The normalized spacial score (nSPS) is 16.6. The maximum Gasteiger partial charge on any atom is 0.253 e. The third-order valence-electron chi connectivity index (χ3n) is 5.77. The summed E-state index contributed by atoms with van der Waals surface area (Å²) in [6.45, 7) is 0.516. The van der Waals surface area contributed by atoms with Crippen LogP contribution in [0.25, 0.3) is 10.2 Å². The average molecular weight is 549 g/mol. The van der Waals surface area contributed by atoms with Crippen LogP contribution in [-0.2, 0) is 21.4 Å². The molecule has 5 rings (SSSR count). The highest BCUT2D eigenvalue weighted by molar-refractivity contribution is 7.91. The molecule has 12 heteroatoms. The summed E-state index contributed by atoms with van der Waals surface area (Å²) in [4.78, 5) is 24.3. The molecule has 1 fully saturated rings. The van der Waals surface area contributed by atoms with Gasteiger partial charge in [0.25, 0.3) is 10.0 Å². The largest absolute Gasteiger partial charge is 0.497 e. The number of methoxy groups -OCH3 is 1. The second-order valence-corrected chi connectivity index (χ2v) is 12.8. The predicted molar refractivity (Wildman–Crippen MR) is 138 cm³/mol. The van der Waals surface area contributed by atoms with Crippen LogP contribution in [0.2, 0.25) is 4.34 Å². The number of fused-ring (bicyclic) bond motifs is 1. The SMILES string of the molecule is COc1ccc2nc(N(Cc3ccncc3)C(=O)C3CCCN3S(=O)(=O)c3ccc(Cl)s3)sc2c1. The fourth-order valence-electron chi connectivity index (χ4n) is 4.05. The topological polar surface area (TPSA) is 92.7 Å². The van der Waals surface area contributed by atoms with Gasteiger partial charge in [0.1, 0.15) is 16.0 Å². The smallest absolute Gasteiger partial charge is 0.253 e. The first kappa shape index (κ1) is 24.1. The Morgan fingerprint density at radius 1 is 1.20 bits per heavy atom. The van der Waals surface area contributed by atoms with Crippen molar-refractivity contribution < 1.29 is 17.9 Å². The second-order valence-electron chi connectivity index (χ2n) is 7.94. The number of sulfonamides is 1. The van der Waals surface area contributed by atoms with Crippen molar-refractivity contribution in [2.24, 2.45) is 0 Å². The quantitative estimate of drug-likeness (QED) is 0.329. The minimum atomic E-state index is -3.86. The van der Waals surface area contributed by atoms with Crippen LogP contribution in [0.15, 0.2) is 59.1 Å². The molecule has 0 bridgehead atoms. The monoisotopic (exact) mass is 548 g/mol. The van der Waals surface area contributed by atoms with Crippen molar-refractivity contribution in [1.82, 2.24) is 14.3 Å². The van der Waals surface area contributed by atoms with Crippen molar-refractivity contribution in [3.8, 4) is 5.75 Å². The number of amides is 1. The van der Waals surface area contributed by atoms with Gasteiger partial charge in [-0.3, -0.25) is 14.7 Å². The van der Waals surface area contributed by atoms with Gasteiger partial charge in [-0.15, -0.1) is 11.3 Å². The molecule has 182 valence electrons. The lowest BCUT2D eigenvalue weighted by atomic mass is 10.2. The van der Waals surface area contributed by atoms with Crippen LogP contribution in [0.5, 0.6) is 5.75 Å². The summed E-state index contributed by atoms with van der Waals surface area (Å²) < 4.78 is 34.7. The molecule has 0 spiro atoms. The molecular weight excluding hydrogens is 528 g/mol.